The lowest BCUT2D eigenvalue weighted by molar-refractivity contribution is 0.595. The SMILES string of the molecule is NS(=O)(=O)c1cc(-c2ccccc2)cc(-c2ccccc2)c1I(=O)=O. The van der Waals surface area contributed by atoms with E-state index in [1.807, 2.05) is 30.3 Å². The summed E-state index contributed by atoms with van der Waals surface area (Å²) in [6, 6.07) is 20.9. The van der Waals surface area contributed by atoms with Crippen LogP contribution in [0.25, 0.3) is 22.3 Å². The first-order valence-electron chi connectivity index (χ1n) is 7.25. The molecular formula is C18H14INO4S. The van der Waals surface area contributed by atoms with Gasteiger partial charge < -0.3 is 0 Å². The van der Waals surface area contributed by atoms with Crippen molar-refractivity contribution in [3.63, 3.8) is 0 Å². The largest absolute Gasteiger partial charge is 0.342 e. The number of sulfonamides is 1. The Morgan fingerprint density at radius 1 is 0.720 bits per heavy atom. The number of primary sulfonamides is 1. The van der Waals surface area contributed by atoms with Crippen molar-refractivity contribution in [3.05, 3.63) is 76.4 Å². The summed E-state index contributed by atoms with van der Waals surface area (Å²) < 4.78 is 47.7. The predicted molar refractivity (Wildman–Crippen MR) is 103 cm³/mol. The van der Waals surface area contributed by atoms with Gasteiger partial charge in [0, 0.05) is 5.56 Å². The van der Waals surface area contributed by atoms with Gasteiger partial charge in [0.2, 0.25) is 10.0 Å². The molecule has 0 saturated carbocycles. The van der Waals surface area contributed by atoms with Gasteiger partial charge in [0.25, 0.3) is 0 Å². The molecule has 0 aliphatic heterocycles. The van der Waals surface area contributed by atoms with Crippen molar-refractivity contribution in [2.75, 3.05) is 0 Å². The van der Waals surface area contributed by atoms with E-state index in [-0.39, 0.29) is 8.47 Å². The van der Waals surface area contributed by atoms with E-state index in [0.717, 1.165) is 5.56 Å². The zero-order valence-corrected chi connectivity index (χ0v) is 15.9. The maximum Gasteiger partial charge on any atom is 0.342 e. The molecule has 3 aromatic rings. The third kappa shape index (κ3) is 3.78. The minimum Gasteiger partial charge on any atom is -0.230 e. The second-order valence-corrected chi connectivity index (χ2v) is 9.18. The number of hydrogen-bond acceptors (Lipinski definition) is 4. The van der Waals surface area contributed by atoms with E-state index in [4.69, 9.17) is 5.14 Å². The standard InChI is InChI=1S/C18H14INO4S/c20-25(23,24)17-12-15(13-7-3-1-4-8-13)11-16(18(17)19(21)22)14-9-5-2-6-10-14/h1-12H,(H2,20,23,24). The van der Waals surface area contributed by atoms with Gasteiger partial charge in [0.15, 0.2) is 0 Å². The van der Waals surface area contributed by atoms with E-state index >= 15 is 0 Å². The second-order valence-electron chi connectivity index (χ2n) is 5.33. The Labute approximate surface area is 152 Å². The molecule has 25 heavy (non-hydrogen) atoms. The minimum absolute atomic E-state index is 0.197. The molecule has 0 aliphatic carbocycles. The molecule has 0 aromatic heterocycles. The lowest BCUT2D eigenvalue weighted by atomic mass is 9.99. The highest BCUT2D eigenvalue weighted by Gasteiger charge is 2.24. The third-order valence-corrected chi connectivity index (χ3v) is 7.04. The summed E-state index contributed by atoms with van der Waals surface area (Å²) in [7, 11) is -4.20. The molecule has 0 amide bonds. The van der Waals surface area contributed by atoms with Crippen molar-refractivity contribution >= 4 is 29.8 Å². The molecule has 0 spiro atoms. The van der Waals surface area contributed by atoms with Crippen LogP contribution in [0.1, 0.15) is 0 Å². The summed E-state index contributed by atoms with van der Waals surface area (Å²) in [6.07, 6.45) is 0. The normalized spacial score (nSPS) is 11.6. The van der Waals surface area contributed by atoms with E-state index in [1.54, 1.807) is 36.4 Å². The highest BCUT2D eigenvalue weighted by molar-refractivity contribution is 14.2. The van der Waals surface area contributed by atoms with Crippen LogP contribution in [0.4, 0.5) is 0 Å². The van der Waals surface area contributed by atoms with Crippen LogP contribution in [0.15, 0.2) is 77.7 Å². The fraction of sp³-hybridized carbons (Fsp3) is 0. The molecule has 0 radical (unpaired) electrons. The number of hydrogen-bond donors (Lipinski definition) is 1. The van der Waals surface area contributed by atoms with Gasteiger partial charge in [0.05, 0.1) is 0 Å². The van der Waals surface area contributed by atoms with Crippen molar-refractivity contribution in [3.8, 4) is 22.3 Å². The summed E-state index contributed by atoms with van der Waals surface area (Å²) >= 11 is -4.14. The first-order chi connectivity index (χ1) is 11.9. The Balaban J connectivity index is 2.43. The average Bonchev–Trinajstić information content (AvgIpc) is 2.61. The van der Waals surface area contributed by atoms with E-state index in [2.05, 4.69) is 0 Å². The van der Waals surface area contributed by atoms with E-state index in [1.165, 1.54) is 6.07 Å². The zero-order chi connectivity index (χ0) is 18.0. The highest BCUT2D eigenvalue weighted by Crippen LogP contribution is 2.38. The molecule has 0 atom stereocenters. The van der Waals surface area contributed by atoms with Crippen LogP contribution in [0.2, 0.25) is 0 Å². The lowest BCUT2D eigenvalue weighted by Crippen LogP contribution is -2.14. The molecule has 0 bridgehead atoms. The van der Waals surface area contributed by atoms with Gasteiger partial charge in [0.1, 0.15) is 8.47 Å². The van der Waals surface area contributed by atoms with E-state index < -0.39 is 29.8 Å². The Kier molecular flexibility index (Phi) is 4.98. The van der Waals surface area contributed by atoms with Gasteiger partial charge in [-0.3, -0.25) is 0 Å². The maximum atomic E-state index is 12.1. The summed E-state index contributed by atoms with van der Waals surface area (Å²) in [6.45, 7) is 0. The Morgan fingerprint density at radius 3 is 1.72 bits per heavy atom. The van der Waals surface area contributed by atoms with Crippen molar-refractivity contribution in [2.24, 2.45) is 5.14 Å². The highest BCUT2D eigenvalue weighted by atomic mass is 127. The predicted octanol–water partition coefficient (Wildman–Crippen LogP) is 4.04. The van der Waals surface area contributed by atoms with Crippen molar-refractivity contribution in [1.82, 2.24) is 0 Å². The summed E-state index contributed by atoms with van der Waals surface area (Å²) in [4.78, 5) is -0.358. The van der Waals surface area contributed by atoms with Gasteiger partial charge in [-0.05, 0) is 28.8 Å². The fourth-order valence-electron chi connectivity index (χ4n) is 2.59. The van der Waals surface area contributed by atoms with Crippen LogP contribution in [0, 0.1) is 3.57 Å². The van der Waals surface area contributed by atoms with Crippen LogP contribution in [-0.2, 0) is 16.2 Å². The second kappa shape index (κ2) is 7.03. The molecule has 0 aliphatic rings. The van der Waals surface area contributed by atoms with Gasteiger partial charge in [-0.2, -0.15) is 0 Å². The van der Waals surface area contributed by atoms with Gasteiger partial charge in [-0.25, -0.2) is 19.7 Å². The molecule has 7 heteroatoms. The Hall–Kier alpha value is -2.10. The Morgan fingerprint density at radius 2 is 1.24 bits per heavy atom. The number of halogens is 1. The van der Waals surface area contributed by atoms with Crippen molar-refractivity contribution in [1.29, 1.82) is 0 Å². The third-order valence-electron chi connectivity index (χ3n) is 3.69. The van der Waals surface area contributed by atoms with E-state index in [0.29, 0.717) is 16.7 Å². The minimum atomic E-state index is -4.20. The maximum absolute atomic E-state index is 12.1. The topological polar surface area (TPSA) is 94.3 Å². The summed E-state index contributed by atoms with van der Waals surface area (Å²) in [5.74, 6) is 0. The van der Waals surface area contributed by atoms with Crippen molar-refractivity contribution < 1.29 is 14.6 Å². The van der Waals surface area contributed by atoms with Crippen LogP contribution >= 0.6 is 19.8 Å². The molecule has 2 N–H and O–H groups in total. The average molecular weight is 467 g/mol. The summed E-state index contributed by atoms with van der Waals surface area (Å²) in [5, 5.41) is 5.31. The monoisotopic (exact) mass is 467 g/mol. The Bertz CT molecular complexity index is 1080. The molecule has 0 unspecified atom stereocenters. The molecule has 3 aromatic carbocycles. The molecule has 3 rings (SSSR count). The van der Waals surface area contributed by atoms with E-state index in [9.17, 15) is 14.6 Å². The number of benzene rings is 3. The molecule has 5 nitrogen and oxygen atoms in total. The quantitative estimate of drug-likeness (QED) is 0.587. The molecule has 0 fully saturated rings. The van der Waals surface area contributed by atoms with Crippen LogP contribution < -0.4 is 5.14 Å². The summed E-state index contributed by atoms with van der Waals surface area (Å²) in [5.41, 5.74) is 2.33. The fourth-order valence-corrected chi connectivity index (χ4v) is 6.11. The smallest absolute Gasteiger partial charge is 0.230 e. The van der Waals surface area contributed by atoms with Gasteiger partial charge >= 0.3 is 19.8 Å². The molecule has 0 saturated heterocycles. The van der Waals surface area contributed by atoms with Crippen LogP contribution in [0.3, 0.4) is 0 Å². The molecule has 128 valence electrons. The molecular weight excluding hydrogens is 453 g/mol. The van der Waals surface area contributed by atoms with Gasteiger partial charge in [-0.1, -0.05) is 60.7 Å². The number of rotatable bonds is 4. The zero-order valence-electron chi connectivity index (χ0n) is 12.9. The number of nitrogens with two attached hydrogens (primary N) is 1. The van der Waals surface area contributed by atoms with Crippen LogP contribution in [-0.4, -0.2) is 8.42 Å². The lowest BCUT2D eigenvalue weighted by Gasteiger charge is -2.12. The van der Waals surface area contributed by atoms with Gasteiger partial charge in [-0.15, -0.1) is 0 Å². The van der Waals surface area contributed by atoms with Crippen LogP contribution in [0.5, 0.6) is 0 Å². The van der Waals surface area contributed by atoms with Crippen molar-refractivity contribution in [2.45, 2.75) is 4.90 Å². The first-order valence-corrected chi connectivity index (χ1v) is 11.6. The first kappa shape index (κ1) is 17.7. The molecule has 0 heterocycles.